The number of benzene rings is 1. The lowest BCUT2D eigenvalue weighted by Gasteiger charge is -2.20. The predicted molar refractivity (Wildman–Crippen MR) is 172 cm³/mol. The van der Waals surface area contributed by atoms with E-state index in [1.165, 1.54) is 70.3 Å². The van der Waals surface area contributed by atoms with E-state index < -0.39 is 17.5 Å². The van der Waals surface area contributed by atoms with Crippen molar-refractivity contribution in [1.29, 1.82) is 0 Å². The third-order valence-corrected chi connectivity index (χ3v) is 9.54. The molecule has 0 fully saturated rings. The fourth-order valence-electron chi connectivity index (χ4n) is 6.52. The summed E-state index contributed by atoms with van der Waals surface area (Å²) >= 11 is 0. The van der Waals surface area contributed by atoms with Crippen LogP contribution >= 0.6 is 0 Å². The van der Waals surface area contributed by atoms with Crippen molar-refractivity contribution in [2.24, 2.45) is 29.6 Å². The van der Waals surface area contributed by atoms with Gasteiger partial charge in [-0.1, -0.05) is 105 Å². The molecule has 41 heavy (non-hydrogen) atoms. The molecule has 0 radical (unpaired) electrons. The minimum Gasteiger partial charge on any atom is -0.354 e. The Bertz CT molecular complexity index is 1250. The van der Waals surface area contributed by atoms with Crippen LogP contribution in [0.2, 0.25) is 0 Å². The normalized spacial score (nSPS) is 16.8. The van der Waals surface area contributed by atoms with Gasteiger partial charge < -0.3 is 4.98 Å². The summed E-state index contributed by atoms with van der Waals surface area (Å²) in [7, 11) is 0. The number of hydrogen-bond donors (Lipinski definition) is 1. The first-order valence-corrected chi connectivity index (χ1v) is 16.4. The molecule has 2 aromatic rings. The van der Waals surface area contributed by atoms with E-state index in [4.69, 9.17) is 0 Å². The van der Waals surface area contributed by atoms with Crippen molar-refractivity contribution in [3.63, 3.8) is 0 Å². The molecular weight excluding hydrogens is 506 g/mol. The molecule has 0 amide bonds. The van der Waals surface area contributed by atoms with Crippen molar-refractivity contribution >= 4 is 33.8 Å². The van der Waals surface area contributed by atoms with E-state index in [2.05, 4.69) is 51.7 Å². The van der Waals surface area contributed by atoms with Crippen LogP contribution in [-0.2, 0) is 16.0 Å². The first kappa shape index (κ1) is 33.0. The molecule has 0 aliphatic heterocycles. The van der Waals surface area contributed by atoms with Crippen molar-refractivity contribution < 1.29 is 14.4 Å². The van der Waals surface area contributed by atoms with Gasteiger partial charge in [0.25, 0.3) is 0 Å². The number of aromatic amines is 1. The summed E-state index contributed by atoms with van der Waals surface area (Å²) in [5, 5.41) is 0.798. The van der Waals surface area contributed by atoms with E-state index in [9.17, 15) is 14.4 Å². The number of hydrogen-bond acceptors (Lipinski definition) is 3. The second-order valence-electron chi connectivity index (χ2n) is 13.8. The molecule has 4 heteroatoms. The molecule has 1 aromatic carbocycles. The van der Waals surface area contributed by atoms with E-state index in [0.717, 1.165) is 41.5 Å². The van der Waals surface area contributed by atoms with Crippen LogP contribution in [0.5, 0.6) is 0 Å². The average Bonchev–Trinajstić information content (AvgIpc) is 3.28. The number of nitrogens with one attached hydrogen (secondary N) is 1. The van der Waals surface area contributed by atoms with Crippen molar-refractivity contribution in [2.45, 2.75) is 126 Å². The number of carbonyl (C=O) groups excluding carboxylic acids is 3. The number of aryl methyl sites for hydroxylation is 1. The van der Waals surface area contributed by atoms with Crippen LogP contribution in [0.3, 0.4) is 0 Å². The molecule has 4 nitrogen and oxygen atoms in total. The highest BCUT2D eigenvalue weighted by atomic mass is 16.2. The number of Topliss-reactive ketones (excluding diaryl/α,β-unsaturated/α-hetero) is 3. The fourth-order valence-corrected chi connectivity index (χ4v) is 6.52. The maximum atomic E-state index is 13.1. The quantitative estimate of drug-likeness (QED) is 0.195. The van der Waals surface area contributed by atoms with Crippen LogP contribution < -0.4 is 0 Å². The van der Waals surface area contributed by atoms with Gasteiger partial charge in [-0.3, -0.25) is 14.4 Å². The number of carbonyl (C=O) groups is 3. The van der Waals surface area contributed by atoms with Gasteiger partial charge in [-0.05, 0) is 73.6 Å². The van der Waals surface area contributed by atoms with Crippen LogP contribution in [0.25, 0.3) is 16.5 Å². The largest absolute Gasteiger partial charge is 0.354 e. The molecular formula is C37H55NO3. The summed E-state index contributed by atoms with van der Waals surface area (Å²) in [6, 6.07) is 6.22. The van der Waals surface area contributed by atoms with Crippen molar-refractivity contribution in [2.75, 3.05) is 0 Å². The SMILES string of the molecule is CC(=O)C(C)C1=C(C)C(=O)C(=O)c2c1[nH]c1ccc(CCC(C)CCCC(C)CCCC(C)CCCC(C)C)cc21. The number of H-pyrrole nitrogens is 1. The van der Waals surface area contributed by atoms with E-state index in [-0.39, 0.29) is 5.78 Å². The lowest BCUT2D eigenvalue weighted by molar-refractivity contribution is -0.118. The monoisotopic (exact) mass is 561 g/mol. The third-order valence-electron chi connectivity index (χ3n) is 9.54. The van der Waals surface area contributed by atoms with E-state index in [1.807, 2.05) is 13.0 Å². The average molecular weight is 562 g/mol. The van der Waals surface area contributed by atoms with Crippen molar-refractivity contribution in [1.82, 2.24) is 4.98 Å². The Morgan fingerprint density at radius 3 is 1.83 bits per heavy atom. The summed E-state index contributed by atoms with van der Waals surface area (Å²) in [6.07, 6.45) is 14.1. The Kier molecular flexibility index (Phi) is 12.2. The zero-order valence-electron chi connectivity index (χ0n) is 27.1. The van der Waals surface area contributed by atoms with Crippen LogP contribution in [0.1, 0.15) is 141 Å². The summed E-state index contributed by atoms with van der Waals surface area (Å²) < 4.78 is 0. The number of aromatic nitrogens is 1. The molecule has 0 saturated carbocycles. The molecule has 3 rings (SSSR count). The van der Waals surface area contributed by atoms with E-state index in [0.29, 0.717) is 28.3 Å². The third kappa shape index (κ3) is 8.75. The molecule has 0 bridgehead atoms. The standard InChI is InChI=1S/C37H55NO3/c1-23(2)12-9-13-24(3)14-10-15-25(4)16-11-17-26(5)18-19-30-20-21-32-31(22-30)34-35(38-32)33(27(6)29(8)39)28(7)36(40)37(34)41/h20-27,38H,9-19H2,1-8H3. The number of allylic oxidation sites excluding steroid dienone is 2. The van der Waals surface area contributed by atoms with Gasteiger partial charge in [-0.2, -0.15) is 0 Å². The first-order chi connectivity index (χ1) is 19.4. The van der Waals surface area contributed by atoms with Gasteiger partial charge in [0.1, 0.15) is 5.78 Å². The first-order valence-electron chi connectivity index (χ1n) is 16.4. The van der Waals surface area contributed by atoms with Gasteiger partial charge >= 0.3 is 0 Å². The highest BCUT2D eigenvalue weighted by Crippen LogP contribution is 2.39. The topological polar surface area (TPSA) is 67.0 Å². The smallest absolute Gasteiger partial charge is 0.235 e. The fraction of sp³-hybridized carbons (Fsp3) is 0.649. The van der Waals surface area contributed by atoms with Gasteiger partial charge in [0, 0.05) is 22.4 Å². The molecule has 4 atom stereocenters. The summed E-state index contributed by atoms with van der Waals surface area (Å²) in [4.78, 5) is 41.4. The maximum Gasteiger partial charge on any atom is 0.235 e. The molecule has 0 spiro atoms. The molecule has 4 unspecified atom stereocenters. The molecule has 226 valence electrons. The molecule has 1 heterocycles. The Balaban J connectivity index is 1.50. The van der Waals surface area contributed by atoms with Crippen LogP contribution in [0.4, 0.5) is 0 Å². The highest BCUT2D eigenvalue weighted by molar-refractivity contribution is 6.54. The van der Waals surface area contributed by atoms with Gasteiger partial charge in [0.2, 0.25) is 11.6 Å². The van der Waals surface area contributed by atoms with Gasteiger partial charge in [-0.25, -0.2) is 0 Å². The Morgan fingerprint density at radius 2 is 1.29 bits per heavy atom. The minimum atomic E-state index is -0.495. The second kappa shape index (κ2) is 15.1. The van der Waals surface area contributed by atoms with Crippen molar-refractivity contribution in [3.05, 3.63) is 40.6 Å². The number of rotatable bonds is 17. The van der Waals surface area contributed by atoms with Crippen LogP contribution in [0, 0.1) is 29.6 Å². The van der Waals surface area contributed by atoms with Crippen LogP contribution in [0.15, 0.2) is 23.8 Å². The summed E-state index contributed by atoms with van der Waals surface area (Å²) in [5.74, 6) is 1.73. The Hall–Kier alpha value is -2.49. The van der Waals surface area contributed by atoms with Crippen LogP contribution in [-0.4, -0.2) is 22.3 Å². The number of ketones is 3. The molecule has 1 aliphatic rings. The highest BCUT2D eigenvalue weighted by Gasteiger charge is 2.36. The maximum absolute atomic E-state index is 13.1. The van der Waals surface area contributed by atoms with E-state index >= 15 is 0 Å². The second-order valence-corrected chi connectivity index (χ2v) is 13.8. The van der Waals surface area contributed by atoms with Gasteiger partial charge in [0.05, 0.1) is 11.3 Å². The Labute approximate surface area is 249 Å². The molecule has 0 saturated heterocycles. The molecule has 1 aliphatic carbocycles. The molecule has 1 N–H and O–H groups in total. The van der Waals surface area contributed by atoms with E-state index in [1.54, 1.807) is 6.92 Å². The van der Waals surface area contributed by atoms with Crippen molar-refractivity contribution in [3.8, 4) is 0 Å². The predicted octanol–water partition coefficient (Wildman–Crippen LogP) is 9.94. The summed E-state index contributed by atoms with van der Waals surface area (Å²) in [6.45, 7) is 16.8. The Morgan fingerprint density at radius 1 is 0.756 bits per heavy atom. The zero-order valence-corrected chi connectivity index (χ0v) is 27.1. The minimum absolute atomic E-state index is 0.0164. The molecule has 1 aromatic heterocycles. The number of fused-ring (bicyclic) bond motifs is 3. The van der Waals surface area contributed by atoms with Gasteiger partial charge in [-0.15, -0.1) is 0 Å². The zero-order chi connectivity index (χ0) is 30.3. The lowest BCUT2D eigenvalue weighted by Crippen LogP contribution is -2.25. The summed E-state index contributed by atoms with van der Waals surface area (Å²) in [5.41, 5.74) is 4.16. The lowest BCUT2D eigenvalue weighted by atomic mass is 9.81. The van der Waals surface area contributed by atoms with Gasteiger partial charge in [0.15, 0.2) is 0 Å².